The summed E-state index contributed by atoms with van der Waals surface area (Å²) < 4.78 is 0. The van der Waals surface area contributed by atoms with Gasteiger partial charge in [-0.2, -0.15) is 0 Å². The maximum absolute atomic E-state index is 13.4. The number of nitro groups is 1. The molecule has 7 nitrogen and oxygen atoms in total. The lowest BCUT2D eigenvalue weighted by molar-refractivity contribution is -0.384. The fraction of sp³-hybridized carbons (Fsp3) is 0.462. The molecule has 2 amide bonds. The van der Waals surface area contributed by atoms with Gasteiger partial charge in [-0.3, -0.25) is 19.7 Å². The zero-order valence-corrected chi connectivity index (χ0v) is 22.6. The smallest absolute Gasteiger partial charge is 0.269 e. The van der Waals surface area contributed by atoms with Gasteiger partial charge in [0.15, 0.2) is 0 Å². The van der Waals surface area contributed by atoms with E-state index in [1.54, 1.807) is 35.2 Å². The summed E-state index contributed by atoms with van der Waals surface area (Å²) in [6.07, 6.45) is 5.79. The molecule has 1 N–H and O–H groups in total. The second-order valence-corrected chi connectivity index (χ2v) is 10.8. The minimum absolute atomic E-state index is 0.0283. The second kappa shape index (κ2) is 13.9. The lowest BCUT2D eigenvalue weighted by Crippen LogP contribution is -2.52. The van der Waals surface area contributed by atoms with Gasteiger partial charge in [0.25, 0.3) is 5.69 Å². The first-order valence-electron chi connectivity index (χ1n) is 12.1. The number of thioether (sulfide) groups is 1. The summed E-state index contributed by atoms with van der Waals surface area (Å²) in [6.45, 7) is 2.10. The van der Waals surface area contributed by atoms with Crippen LogP contribution in [0.1, 0.15) is 56.6 Å². The minimum atomic E-state index is -0.619. The number of benzene rings is 2. The van der Waals surface area contributed by atoms with Crippen molar-refractivity contribution in [1.29, 1.82) is 0 Å². The van der Waals surface area contributed by atoms with Crippen LogP contribution < -0.4 is 5.32 Å². The van der Waals surface area contributed by atoms with Gasteiger partial charge in [-0.25, -0.2) is 0 Å². The van der Waals surface area contributed by atoms with Gasteiger partial charge in [0.1, 0.15) is 6.04 Å². The van der Waals surface area contributed by atoms with E-state index in [4.69, 9.17) is 23.2 Å². The topological polar surface area (TPSA) is 92.6 Å². The third kappa shape index (κ3) is 8.11. The second-order valence-electron chi connectivity index (χ2n) is 8.94. The number of carbonyl (C=O) groups is 2. The number of amides is 2. The quantitative estimate of drug-likeness (QED) is 0.258. The maximum Gasteiger partial charge on any atom is 0.269 e. The van der Waals surface area contributed by atoms with Gasteiger partial charge in [0.05, 0.1) is 10.7 Å². The van der Waals surface area contributed by atoms with Crippen molar-refractivity contribution in [2.45, 2.75) is 69.8 Å². The molecule has 0 radical (unpaired) electrons. The Bertz CT molecular complexity index is 1060. The Morgan fingerprint density at radius 1 is 1.14 bits per heavy atom. The molecule has 0 spiro atoms. The van der Waals surface area contributed by atoms with Gasteiger partial charge >= 0.3 is 0 Å². The molecule has 0 unspecified atom stereocenters. The molecule has 0 aromatic heterocycles. The Morgan fingerprint density at radius 3 is 2.44 bits per heavy atom. The van der Waals surface area contributed by atoms with Crippen molar-refractivity contribution in [1.82, 2.24) is 10.2 Å². The van der Waals surface area contributed by atoms with E-state index in [9.17, 15) is 19.7 Å². The SMILES string of the molecule is CC[C@H](C(=O)NC1CCCCC1)N(Cc1ccc(Cl)cc1Cl)C(=O)CSCc1ccc([N+](=O)[O-])cc1. The van der Waals surface area contributed by atoms with Crippen LogP contribution in [0.3, 0.4) is 0 Å². The van der Waals surface area contributed by atoms with Crippen LogP contribution in [-0.4, -0.2) is 39.5 Å². The van der Waals surface area contributed by atoms with Gasteiger partial charge in [-0.15, -0.1) is 11.8 Å². The van der Waals surface area contributed by atoms with Crippen molar-refractivity contribution in [2.24, 2.45) is 0 Å². The van der Waals surface area contributed by atoms with Crippen LogP contribution in [0, 0.1) is 10.1 Å². The molecule has 0 saturated heterocycles. The minimum Gasteiger partial charge on any atom is -0.352 e. The van der Waals surface area contributed by atoms with Crippen LogP contribution >= 0.6 is 35.0 Å². The number of nitro benzene ring substituents is 1. The molecule has 0 bridgehead atoms. The number of halogens is 2. The van der Waals surface area contributed by atoms with Crippen molar-refractivity contribution in [2.75, 3.05) is 5.75 Å². The van der Waals surface area contributed by atoms with Crippen molar-refractivity contribution in [3.63, 3.8) is 0 Å². The predicted octanol–water partition coefficient (Wildman–Crippen LogP) is 6.39. The Hall–Kier alpha value is -2.29. The number of rotatable bonds is 11. The number of non-ortho nitro benzene ring substituents is 1. The van der Waals surface area contributed by atoms with E-state index in [1.807, 2.05) is 6.92 Å². The monoisotopic (exact) mass is 551 g/mol. The van der Waals surface area contributed by atoms with E-state index in [-0.39, 0.29) is 35.8 Å². The van der Waals surface area contributed by atoms with Crippen LogP contribution in [0.5, 0.6) is 0 Å². The van der Waals surface area contributed by atoms with E-state index in [0.717, 1.165) is 36.8 Å². The Balaban J connectivity index is 1.71. The maximum atomic E-state index is 13.4. The third-order valence-electron chi connectivity index (χ3n) is 6.33. The summed E-state index contributed by atoms with van der Waals surface area (Å²) in [7, 11) is 0. The normalized spacial score (nSPS) is 14.8. The highest BCUT2D eigenvalue weighted by Gasteiger charge is 2.30. The van der Waals surface area contributed by atoms with Crippen molar-refractivity contribution >= 4 is 52.5 Å². The average molecular weight is 553 g/mol. The van der Waals surface area contributed by atoms with Crippen LogP contribution in [0.4, 0.5) is 5.69 Å². The fourth-order valence-electron chi connectivity index (χ4n) is 4.35. The summed E-state index contributed by atoms with van der Waals surface area (Å²) in [5.41, 5.74) is 1.63. The molecule has 0 aliphatic heterocycles. The molecule has 10 heteroatoms. The van der Waals surface area contributed by atoms with Crippen LogP contribution in [0.15, 0.2) is 42.5 Å². The molecule has 2 aromatic carbocycles. The van der Waals surface area contributed by atoms with Crippen molar-refractivity contribution in [3.8, 4) is 0 Å². The molecule has 1 fully saturated rings. The first kappa shape index (κ1) is 28.3. The summed E-state index contributed by atoms with van der Waals surface area (Å²) >= 11 is 13.9. The van der Waals surface area contributed by atoms with E-state index in [0.29, 0.717) is 22.2 Å². The predicted molar refractivity (Wildman–Crippen MR) is 145 cm³/mol. The van der Waals surface area contributed by atoms with Gasteiger partial charge in [-0.1, -0.05) is 67.6 Å². The van der Waals surface area contributed by atoms with Crippen molar-refractivity contribution < 1.29 is 14.5 Å². The Labute approximate surface area is 226 Å². The zero-order chi connectivity index (χ0) is 26.1. The largest absolute Gasteiger partial charge is 0.352 e. The van der Waals surface area contributed by atoms with Crippen molar-refractivity contribution in [3.05, 3.63) is 73.8 Å². The highest BCUT2D eigenvalue weighted by atomic mass is 35.5. The summed E-state index contributed by atoms with van der Waals surface area (Å²) in [6, 6.07) is 10.9. The molecule has 1 saturated carbocycles. The number of carbonyl (C=O) groups excluding carboxylic acids is 2. The van der Waals surface area contributed by atoms with Gasteiger partial charge in [-0.05, 0) is 42.5 Å². The molecule has 1 aliphatic rings. The molecule has 1 atom stereocenters. The molecule has 0 heterocycles. The fourth-order valence-corrected chi connectivity index (χ4v) is 5.69. The van der Waals surface area contributed by atoms with E-state index >= 15 is 0 Å². The van der Waals surface area contributed by atoms with Gasteiger partial charge < -0.3 is 10.2 Å². The van der Waals surface area contributed by atoms with E-state index in [1.165, 1.54) is 30.3 Å². The molecular formula is C26H31Cl2N3O4S. The molecule has 1 aliphatic carbocycles. The Kier molecular flexibility index (Phi) is 10.9. The molecule has 194 valence electrons. The number of nitrogens with one attached hydrogen (secondary N) is 1. The molecule has 36 heavy (non-hydrogen) atoms. The average Bonchev–Trinajstić information content (AvgIpc) is 2.86. The molecule has 3 rings (SSSR count). The first-order valence-corrected chi connectivity index (χ1v) is 14.0. The van der Waals surface area contributed by atoms with Gasteiger partial charge in [0, 0.05) is 40.5 Å². The number of hydrogen-bond acceptors (Lipinski definition) is 5. The lowest BCUT2D eigenvalue weighted by atomic mass is 9.95. The van der Waals surface area contributed by atoms with E-state index in [2.05, 4.69) is 5.32 Å². The number of hydrogen-bond donors (Lipinski definition) is 1. The number of nitrogens with zero attached hydrogens (tertiary/aromatic N) is 2. The van der Waals surface area contributed by atoms with Crippen LogP contribution in [0.2, 0.25) is 10.0 Å². The molecule has 2 aromatic rings. The summed E-state index contributed by atoms with van der Waals surface area (Å²) in [4.78, 5) is 38.7. The first-order chi connectivity index (χ1) is 17.3. The Morgan fingerprint density at radius 2 is 1.83 bits per heavy atom. The lowest BCUT2D eigenvalue weighted by Gasteiger charge is -2.33. The summed E-state index contributed by atoms with van der Waals surface area (Å²) in [5, 5.41) is 15.0. The van der Waals surface area contributed by atoms with Crippen LogP contribution in [0.25, 0.3) is 0 Å². The highest BCUT2D eigenvalue weighted by Crippen LogP contribution is 2.25. The van der Waals surface area contributed by atoms with E-state index < -0.39 is 11.0 Å². The van der Waals surface area contributed by atoms with Crippen LogP contribution in [-0.2, 0) is 21.9 Å². The zero-order valence-electron chi connectivity index (χ0n) is 20.3. The standard InChI is InChI=1S/C26H31Cl2N3O4S/c1-2-24(26(33)29-21-6-4-3-5-7-21)30(15-19-10-11-20(27)14-23(19)28)25(32)17-36-16-18-8-12-22(13-9-18)31(34)35/h8-14,21,24H,2-7,15-17H2,1H3,(H,29,33)/t24-/m1/s1. The molecular weight excluding hydrogens is 521 g/mol. The van der Waals surface area contributed by atoms with Gasteiger partial charge in [0.2, 0.25) is 11.8 Å². The summed E-state index contributed by atoms with van der Waals surface area (Å²) in [5.74, 6) is 0.376. The third-order valence-corrected chi connectivity index (χ3v) is 7.91. The highest BCUT2D eigenvalue weighted by molar-refractivity contribution is 7.99.